The zero-order valence-electron chi connectivity index (χ0n) is 9.44. The van der Waals surface area contributed by atoms with E-state index in [1.807, 2.05) is 24.3 Å². The van der Waals surface area contributed by atoms with Gasteiger partial charge in [0.25, 0.3) is 0 Å². The highest BCUT2D eigenvalue weighted by Crippen LogP contribution is 2.12. The quantitative estimate of drug-likeness (QED) is 0.865. The Morgan fingerprint density at radius 2 is 1.94 bits per heavy atom. The smallest absolute Gasteiger partial charge is 0.310 e. The molecular weight excluding hydrogens is 270 g/mol. The molecule has 88 valence electrons. The van der Waals surface area contributed by atoms with Crippen LogP contribution in [0.1, 0.15) is 19.4 Å². The first-order chi connectivity index (χ1) is 7.50. The predicted octanol–water partition coefficient (Wildman–Crippen LogP) is 2.48. The van der Waals surface area contributed by atoms with E-state index >= 15 is 0 Å². The molecule has 0 saturated carbocycles. The van der Waals surface area contributed by atoms with Gasteiger partial charge < -0.3 is 10.5 Å². The molecular formula is C12H16BrNO2. The number of nitrogens with two attached hydrogens (primary N) is 1. The first kappa shape index (κ1) is 13.2. The lowest BCUT2D eigenvalue weighted by Gasteiger charge is -2.14. The molecule has 1 rings (SSSR count). The summed E-state index contributed by atoms with van der Waals surface area (Å²) in [5.41, 5.74) is 6.58. The van der Waals surface area contributed by atoms with Crippen molar-refractivity contribution in [3.05, 3.63) is 34.3 Å². The molecule has 0 heterocycles. The molecule has 1 aromatic carbocycles. The van der Waals surface area contributed by atoms with E-state index in [1.165, 1.54) is 0 Å². The van der Waals surface area contributed by atoms with Crippen molar-refractivity contribution in [3.8, 4) is 0 Å². The molecule has 0 amide bonds. The van der Waals surface area contributed by atoms with Gasteiger partial charge in [0.2, 0.25) is 0 Å². The highest BCUT2D eigenvalue weighted by Gasteiger charge is 2.18. The molecule has 4 heteroatoms. The van der Waals surface area contributed by atoms with Crippen molar-refractivity contribution in [2.45, 2.75) is 26.5 Å². The van der Waals surface area contributed by atoms with E-state index in [4.69, 9.17) is 10.5 Å². The van der Waals surface area contributed by atoms with Crippen LogP contribution in [0.3, 0.4) is 0 Å². The fraction of sp³-hybridized carbons (Fsp3) is 0.417. The normalized spacial score (nSPS) is 14.2. The molecule has 2 unspecified atom stereocenters. The van der Waals surface area contributed by atoms with Gasteiger partial charge in [0.1, 0.15) is 6.61 Å². The van der Waals surface area contributed by atoms with Crippen LogP contribution in [0.15, 0.2) is 28.7 Å². The maximum absolute atomic E-state index is 11.5. The Hall–Kier alpha value is -0.870. The first-order valence-corrected chi connectivity index (χ1v) is 5.96. The van der Waals surface area contributed by atoms with E-state index in [0.717, 1.165) is 10.0 Å². The number of carbonyl (C=O) groups is 1. The SMILES string of the molecule is CC(N)C(C)C(=O)OCc1ccc(Br)cc1. The van der Waals surface area contributed by atoms with Crippen molar-refractivity contribution >= 4 is 21.9 Å². The van der Waals surface area contributed by atoms with Crippen LogP contribution in [0.2, 0.25) is 0 Å². The largest absolute Gasteiger partial charge is 0.461 e. The van der Waals surface area contributed by atoms with Crippen molar-refractivity contribution in [1.82, 2.24) is 0 Å². The number of halogens is 1. The van der Waals surface area contributed by atoms with Gasteiger partial charge in [-0.1, -0.05) is 35.0 Å². The van der Waals surface area contributed by atoms with Crippen molar-refractivity contribution in [2.75, 3.05) is 0 Å². The van der Waals surface area contributed by atoms with Gasteiger partial charge in [0, 0.05) is 10.5 Å². The lowest BCUT2D eigenvalue weighted by atomic mass is 10.1. The van der Waals surface area contributed by atoms with E-state index in [0.29, 0.717) is 6.61 Å². The monoisotopic (exact) mass is 285 g/mol. The van der Waals surface area contributed by atoms with Gasteiger partial charge in [-0.25, -0.2) is 0 Å². The minimum absolute atomic E-state index is 0.183. The minimum atomic E-state index is -0.268. The minimum Gasteiger partial charge on any atom is -0.461 e. The Morgan fingerprint density at radius 1 is 1.38 bits per heavy atom. The van der Waals surface area contributed by atoms with Crippen LogP contribution in [-0.2, 0) is 16.1 Å². The summed E-state index contributed by atoms with van der Waals surface area (Å²) in [5, 5.41) is 0. The van der Waals surface area contributed by atoms with E-state index in [-0.39, 0.29) is 17.9 Å². The standard InChI is InChI=1S/C12H16BrNO2/c1-8(9(2)14)12(15)16-7-10-3-5-11(13)6-4-10/h3-6,8-9H,7,14H2,1-2H3. The van der Waals surface area contributed by atoms with Gasteiger partial charge in [0.05, 0.1) is 5.92 Å². The zero-order valence-corrected chi connectivity index (χ0v) is 11.0. The second-order valence-corrected chi connectivity index (χ2v) is 4.80. The third kappa shape index (κ3) is 3.94. The molecule has 2 N–H and O–H groups in total. The van der Waals surface area contributed by atoms with E-state index in [9.17, 15) is 4.79 Å². The van der Waals surface area contributed by atoms with Crippen LogP contribution >= 0.6 is 15.9 Å². The van der Waals surface area contributed by atoms with Crippen LogP contribution in [0.5, 0.6) is 0 Å². The summed E-state index contributed by atoms with van der Waals surface area (Å²) in [7, 11) is 0. The molecule has 2 atom stereocenters. The van der Waals surface area contributed by atoms with E-state index < -0.39 is 0 Å². The van der Waals surface area contributed by atoms with Crippen molar-refractivity contribution in [3.63, 3.8) is 0 Å². The highest BCUT2D eigenvalue weighted by atomic mass is 79.9. The fourth-order valence-corrected chi connectivity index (χ4v) is 1.35. The van der Waals surface area contributed by atoms with Crippen LogP contribution in [0.4, 0.5) is 0 Å². The summed E-state index contributed by atoms with van der Waals surface area (Å²) in [4.78, 5) is 11.5. The van der Waals surface area contributed by atoms with Crippen molar-refractivity contribution < 1.29 is 9.53 Å². The van der Waals surface area contributed by atoms with Gasteiger partial charge in [-0.3, -0.25) is 4.79 Å². The molecule has 0 spiro atoms. The second kappa shape index (κ2) is 6.01. The molecule has 0 fully saturated rings. The summed E-state index contributed by atoms with van der Waals surface area (Å²) < 4.78 is 6.16. The van der Waals surface area contributed by atoms with Crippen LogP contribution in [0.25, 0.3) is 0 Å². The predicted molar refractivity (Wildman–Crippen MR) is 66.8 cm³/mol. The maximum atomic E-state index is 11.5. The third-order valence-corrected chi connectivity index (χ3v) is 2.98. The van der Waals surface area contributed by atoms with Crippen molar-refractivity contribution in [2.24, 2.45) is 11.7 Å². The van der Waals surface area contributed by atoms with Gasteiger partial charge in [0.15, 0.2) is 0 Å². The Morgan fingerprint density at radius 3 is 2.44 bits per heavy atom. The number of hydrogen-bond donors (Lipinski definition) is 1. The lowest BCUT2D eigenvalue weighted by molar-refractivity contribution is -0.149. The molecule has 3 nitrogen and oxygen atoms in total. The number of esters is 1. The molecule has 0 aromatic heterocycles. The molecule has 1 aromatic rings. The summed E-state index contributed by atoms with van der Waals surface area (Å²) in [5.74, 6) is -0.520. The summed E-state index contributed by atoms with van der Waals surface area (Å²) in [6.45, 7) is 3.86. The molecule has 0 bridgehead atoms. The average molecular weight is 286 g/mol. The number of carbonyl (C=O) groups excluding carboxylic acids is 1. The number of benzene rings is 1. The summed E-state index contributed by atoms with van der Waals surface area (Å²) in [6.07, 6.45) is 0. The molecule has 0 radical (unpaired) electrons. The van der Waals surface area contributed by atoms with Gasteiger partial charge in [-0.05, 0) is 24.6 Å². The van der Waals surface area contributed by atoms with Crippen molar-refractivity contribution in [1.29, 1.82) is 0 Å². The Bertz CT molecular complexity index is 349. The van der Waals surface area contributed by atoms with Crippen LogP contribution < -0.4 is 5.73 Å². The summed E-state index contributed by atoms with van der Waals surface area (Å²) in [6, 6.07) is 7.47. The maximum Gasteiger partial charge on any atom is 0.310 e. The Labute approximate surface area is 104 Å². The van der Waals surface area contributed by atoms with Crippen LogP contribution in [0, 0.1) is 5.92 Å². The first-order valence-electron chi connectivity index (χ1n) is 5.17. The Kier molecular flexibility index (Phi) is 4.96. The Balaban J connectivity index is 2.46. The van der Waals surface area contributed by atoms with Gasteiger partial charge in [-0.2, -0.15) is 0 Å². The topological polar surface area (TPSA) is 52.3 Å². The average Bonchev–Trinajstić information content (AvgIpc) is 2.26. The summed E-state index contributed by atoms with van der Waals surface area (Å²) >= 11 is 3.34. The highest BCUT2D eigenvalue weighted by molar-refractivity contribution is 9.10. The zero-order chi connectivity index (χ0) is 12.1. The molecule has 0 aliphatic carbocycles. The third-order valence-electron chi connectivity index (χ3n) is 2.45. The van der Waals surface area contributed by atoms with Gasteiger partial charge >= 0.3 is 5.97 Å². The number of hydrogen-bond acceptors (Lipinski definition) is 3. The molecule has 0 aliphatic heterocycles. The second-order valence-electron chi connectivity index (χ2n) is 3.88. The molecule has 0 aliphatic rings. The van der Waals surface area contributed by atoms with E-state index in [2.05, 4.69) is 15.9 Å². The fourth-order valence-electron chi connectivity index (χ4n) is 1.08. The lowest BCUT2D eigenvalue weighted by Crippen LogP contribution is -2.31. The number of ether oxygens (including phenoxy) is 1. The number of rotatable bonds is 4. The van der Waals surface area contributed by atoms with Gasteiger partial charge in [-0.15, -0.1) is 0 Å². The molecule has 0 saturated heterocycles. The van der Waals surface area contributed by atoms with E-state index in [1.54, 1.807) is 13.8 Å². The molecule has 16 heavy (non-hydrogen) atoms. The van der Waals surface area contributed by atoms with Crippen LogP contribution in [-0.4, -0.2) is 12.0 Å².